The molecule has 1 heterocycles. The Hall–Kier alpha value is -2.70. The summed E-state index contributed by atoms with van der Waals surface area (Å²) in [7, 11) is 1.34. The first kappa shape index (κ1) is 18.1. The van der Waals surface area contributed by atoms with Gasteiger partial charge in [-0.2, -0.15) is 0 Å². The van der Waals surface area contributed by atoms with Gasteiger partial charge in [0.25, 0.3) is 5.91 Å². The van der Waals surface area contributed by atoms with Gasteiger partial charge >= 0.3 is 5.97 Å². The van der Waals surface area contributed by atoms with Gasteiger partial charge in [0.05, 0.1) is 18.3 Å². The molecule has 0 bridgehead atoms. The Bertz CT molecular complexity index is 813. The molecule has 0 saturated carbocycles. The van der Waals surface area contributed by atoms with Gasteiger partial charge in [0.2, 0.25) is 0 Å². The number of carbonyl (C=O) groups is 2. The fraction of sp³-hybridized carbons (Fsp3) is 0.300. The number of rotatable bonds is 5. The third-order valence-electron chi connectivity index (χ3n) is 4.54. The molecule has 136 valence electrons. The van der Waals surface area contributed by atoms with E-state index in [1.54, 1.807) is 36.4 Å². The van der Waals surface area contributed by atoms with Crippen LogP contribution in [0.15, 0.2) is 48.5 Å². The topological polar surface area (TPSA) is 87.7 Å². The molecule has 2 aromatic rings. The first-order valence-electron chi connectivity index (χ1n) is 8.51. The van der Waals surface area contributed by atoms with E-state index in [0.29, 0.717) is 24.1 Å². The quantitative estimate of drug-likeness (QED) is 0.710. The summed E-state index contributed by atoms with van der Waals surface area (Å²) in [5.74, 6) is -0.643. The number of hydrogen-bond donors (Lipinski definition) is 3. The van der Waals surface area contributed by atoms with Crippen molar-refractivity contribution in [1.82, 2.24) is 10.6 Å². The second kappa shape index (κ2) is 7.68. The molecule has 26 heavy (non-hydrogen) atoms. The summed E-state index contributed by atoms with van der Waals surface area (Å²) in [6, 6.07) is 14.2. The molecule has 3 N–H and O–H groups in total. The summed E-state index contributed by atoms with van der Waals surface area (Å²) in [5.41, 5.74) is 1.71. The van der Waals surface area contributed by atoms with E-state index in [-0.39, 0.29) is 12.5 Å². The van der Waals surface area contributed by atoms with Crippen LogP contribution < -0.4 is 10.6 Å². The highest BCUT2D eigenvalue weighted by Crippen LogP contribution is 2.22. The highest BCUT2D eigenvalue weighted by Gasteiger charge is 2.31. The molecule has 0 radical (unpaired) electrons. The molecule has 1 aliphatic heterocycles. The number of aliphatic hydroxyl groups is 1. The van der Waals surface area contributed by atoms with Gasteiger partial charge in [-0.05, 0) is 48.4 Å². The molecular formula is C20H22N2O4. The summed E-state index contributed by atoms with van der Waals surface area (Å²) >= 11 is 0. The van der Waals surface area contributed by atoms with Gasteiger partial charge in [-0.25, -0.2) is 4.79 Å². The van der Waals surface area contributed by atoms with Crippen molar-refractivity contribution in [1.29, 1.82) is 0 Å². The Kier molecular flexibility index (Phi) is 5.35. The summed E-state index contributed by atoms with van der Waals surface area (Å²) in [6.45, 7) is 1.44. The van der Waals surface area contributed by atoms with Crippen LogP contribution >= 0.6 is 0 Å². The predicted octanol–water partition coefficient (Wildman–Crippen LogP) is 1.59. The Balaban J connectivity index is 1.75. The highest BCUT2D eigenvalue weighted by molar-refractivity contribution is 5.96. The number of hydrogen-bond acceptors (Lipinski definition) is 5. The second-order valence-electron chi connectivity index (χ2n) is 6.49. The second-order valence-corrected chi connectivity index (χ2v) is 6.49. The van der Waals surface area contributed by atoms with E-state index in [9.17, 15) is 14.7 Å². The minimum absolute atomic E-state index is 0.209. The summed E-state index contributed by atoms with van der Waals surface area (Å²) in [6.07, 6.45) is 0.619. The maximum absolute atomic E-state index is 12.4. The molecule has 0 spiro atoms. The number of esters is 1. The Labute approximate surface area is 152 Å². The molecule has 3 rings (SSSR count). The van der Waals surface area contributed by atoms with E-state index in [1.807, 2.05) is 12.1 Å². The zero-order valence-corrected chi connectivity index (χ0v) is 14.6. The minimum Gasteiger partial charge on any atom is -0.465 e. The van der Waals surface area contributed by atoms with E-state index in [1.165, 1.54) is 7.11 Å². The molecule has 0 aromatic heterocycles. The molecule has 1 amide bonds. The Morgan fingerprint density at radius 1 is 1.15 bits per heavy atom. The van der Waals surface area contributed by atoms with Gasteiger partial charge in [0.1, 0.15) is 0 Å². The summed E-state index contributed by atoms with van der Waals surface area (Å²) in [5, 5.41) is 16.2. The van der Waals surface area contributed by atoms with E-state index >= 15 is 0 Å². The Morgan fingerprint density at radius 3 is 2.42 bits per heavy atom. The van der Waals surface area contributed by atoms with Crippen molar-refractivity contribution in [2.45, 2.75) is 12.0 Å². The van der Waals surface area contributed by atoms with Crippen molar-refractivity contribution in [3.8, 4) is 11.1 Å². The summed E-state index contributed by atoms with van der Waals surface area (Å²) in [4.78, 5) is 24.1. The van der Waals surface area contributed by atoms with Crippen molar-refractivity contribution < 1.29 is 19.4 Å². The average Bonchev–Trinajstić information content (AvgIpc) is 3.12. The standard InChI is InChI=1S/C20H22N2O4/c1-26-19(24)17-7-3-5-15(11-17)14-4-2-6-16(10-14)18(23)22-13-20(25)8-9-21-12-20/h2-7,10-11,21,25H,8-9,12-13H2,1H3,(H,22,23)/t20-/m0/s1. The lowest BCUT2D eigenvalue weighted by Gasteiger charge is -2.21. The van der Waals surface area contributed by atoms with Crippen molar-refractivity contribution in [3.63, 3.8) is 0 Å². The number of amides is 1. The first-order valence-corrected chi connectivity index (χ1v) is 8.51. The normalized spacial score (nSPS) is 19.2. The van der Waals surface area contributed by atoms with E-state index in [4.69, 9.17) is 4.74 Å². The molecule has 1 saturated heterocycles. The maximum atomic E-state index is 12.4. The third kappa shape index (κ3) is 4.09. The van der Waals surface area contributed by atoms with Crippen molar-refractivity contribution >= 4 is 11.9 Å². The monoisotopic (exact) mass is 354 g/mol. The zero-order chi connectivity index (χ0) is 18.6. The molecule has 1 fully saturated rings. The molecule has 0 unspecified atom stereocenters. The van der Waals surface area contributed by atoms with Gasteiger partial charge < -0.3 is 20.5 Å². The lowest BCUT2D eigenvalue weighted by atomic mass is 10.0. The average molecular weight is 354 g/mol. The Morgan fingerprint density at radius 2 is 1.81 bits per heavy atom. The minimum atomic E-state index is -0.887. The molecule has 6 nitrogen and oxygen atoms in total. The van der Waals surface area contributed by atoms with Crippen LogP contribution in [0.2, 0.25) is 0 Å². The van der Waals surface area contributed by atoms with Crippen molar-refractivity contribution in [2.75, 3.05) is 26.7 Å². The molecule has 0 aliphatic carbocycles. The first-order chi connectivity index (χ1) is 12.5. The molecular weight excluding hydrogens is 332 g/mol. The van der Waals surface area contributed by atoms with Crippen LogP contribution in [-0.2, 0) is 4.74 Å². The zero-order valence-electron chi connectivity index (χ0n) is 14.6. The molecule has 1 atom stereocenters. The van der Waals surface area contributed by atoms with Crippen LogP contribution in [0.3, 0.4) is 0 Å². The van der Waals surface area contributed by atoms with Crippen LogP contribution in [0.4, 0.5) is 0 Å². The lowest BCUT2D eigenvalue weighted by molar-refractivity contribution is 0.0562. The smallest absolute Gasteiger partial charge is 0.337 e. The predicted molar refractivity (Wildman–Crippen MR) is 98.0 cm³/mol. The van der Waals surface area contributed by atoms with Gasteiger partial charge in [0.15, 0.2) is 0 Å². The number of nitrogens with one attached hydrogen (secondary N) is 2. The fourth-order valence-electron chi connectivity index (χ4n) is 3.01. The van der Waals surface area contributed by atoms with E-state index < -0.39 is 11.6 Å². The number of ether oxygens (including phenoxy) is 1. The van der Waals surface area contributed by atoms with Crippen LogP contribution in [-0.4, -0.2) is 49.3 Å². The van der Waals surface area contributed by atoms with E-state index in [0.717, 1.165) is 17.7 Å². The van der Waals surface area contributed by atoms with Gasteiger partial charge in [-0.3, -0.25) is 4.79 Å². The largest absolute Gasteiger partial charge is 0.465 e. The SMILES string of the molecule is COC(=O)c1cccc(-c2cccc(C(=O)NC[C@]3(O)CCNC3)c2)c1. The van der Waals surface area contributed by atoms with Crippen LogP contribution in [0.5, 0.6) is 0 Å². The van der Waals surface area contributed by atoms with Crippen molar-refractivity contribution in [3.05, 3.63) is 59.7 Å². The van der Waals surface area contributed by atoms with Crippen LogP contribution in [0.25, 0.3) is 11.1 Å². The highest BCUT2D eigenvalue weighted by atomic mass is 16.5. The third-order valence-corrected chi connectivity index (χ3v) is 4.54. The number of β-amino-alcohol motifs (C(OH)–C–C–N with tert-alkyl or cyclic N) is 1. The number of benzene rings is 2. The van der Waals surface area contributed by atoms with Crippen LogP contribution in [0, 0.1) is 0 Å². The molecule has 2 aromatic carbocycles. The molecule has 1 aliphatic rings. The van der Waals surface area contributed by atoms with Gasteiger partial charge in [-0.1, -0.05) is 24.3 Å². The van der Waals surface area contributed by atoms with Crippen molar-refractivity contribution in [2.24, 2.45) is 0 Å². The number of methoxy groups -OCH3 is 1. The fourth-order valence-corrected chi connectivity index (χ4v) is 3.01. The molecule has 6 heteroatoms. The summed E-state index contributed by atoms with van der Waals surface area (Å²) < 4.78 is 4.75. The van der Waals surface area contributed by atoms with E-state index in [2.05, 4.69) is 10.6 Å². The lowest BCUT2D eigenvalue weighted by Crippen LogP contribution is -2.44. The van der Waals surface area contributed by atoms with Crippen LogP contribution in [0.1, 0.15) is 27.1 Å². The maximum Gasteiger partial charge on any atom is 0.337 e. The van der Waals surface area contributed by atoms with Gasteiger partial charge in [-0.15, -0.1) is 0 Å². The number of carbonyl (C=O) groups excluding carboxylic acids is 2. The van der Waals surface area contributed by atoms with Gasteiger partial charge in [0, 0.05) is 18.7 Å².